The van der Waals surface area contributed by atoms with Crippen LogP contribution in [0, 0.1) is 5.82 Å². The maximum atomic E-state index is 14.7. The number of aromatic nitrogens is 2. The summed E-state index contributed by atoms with van der Waals surface area (Å²) in [5.41, 5.74) is 0.584. The van der Waals surface area contributed by atoms with Crippen molar-refractivity contribution in [2.45, 2.75) is 6.61 Å². The van der Waals surface area contributed by atoms with Gasteiger partial charge in [0.25, 0.3) is 5.91 Å². The minimum absolute atomic E-state index is 0.122. The van der Waals surface area contributed by atoms with Crippen molar-refractivity contribution in [3.8, 4) is 5.75 Å². The molecule has 1 saturated heterocycles. The number of halogens is 1. The van der Waals surface area contributed by atoms with Gasteiger partial charge in [-0.3, -0.25) is 9.69 Å². The molecule has 3 heterocycles. The molecule has 180 valence electrons. The summed E-state index contributed by atoms with van der Waals surface area (Å²) in [5.74, 6) is 0.885. The summed E-state index contributed by atoms with van der Waals surface area (Å²) in [6.45, 7) is 4.80. The topological polar surface area (TPSA) is 70.6 Å². The summed E-state index contributed by atoms with van der Waals surface area (Å²) in [7, 11) is 0. The Balaban J connectivity index is 1.21. The summed E-state index contributed by atoms with van der Waals surface area (Å²) in [4.78, 5) is 26.7. The van der Waals surface area contributed by atoms with Crippen LogP contribution in [-0.2, 0) is 6.61 Å². The number of amides is 1. The van der Waals surface area contributed by atoms with Crippen LogP contribution in [-0.4, -0.2) is 60.0 Å². The first kappa shape index (κ1) is 23.2. The van der Waals surface area contributed by atoms with Crippen LogP contribution in [0.1, 0.15) is 15.2 Å². The molecule has 5 rings (SSSR count). The number of ether oxygens (including phenoxy) is 1. The van der Waals surface area contributed by atoms with Crippen molar-refractivity contribution < 1.29 is 13.9 Å². The van der Waals surface area contributed by atoms with Gasteiger partial charge in [0, 0.05) is 67.3 Å². The largest absolute Gasteiger partial charge is 0.489 e. The minimum Gasteiger partial charge on any atom is -0.489 e. The molecule has 0 saturated carbocycles. The van der Waals surface area contributed by atoms with Gasteiger partial charge in [-0.1, -0.05) is 24.3 Å². The van der Waals surface area contributed by atoms with Gasteiger partial charge in [-0.05, 0) is 30.3 Å². The second-order valence-corrected chi connectivity index (χ2v) is 9.31. The van der Waals surface area contributed by atoms with E-state index >= 15 is 0 Å². The number of nitrogens with one attached hydrogen (secondary N) is 1. The number of thiophene rings is 1. The molecular formula is C26H26FN5O2S. The normalized spacial score (nSPS) is 14.3. The predicted molar refractivity (Wildman–Crippen MR) is 136 cm³/mol. The Bertz CT molecular complexity index is 1280. The Morgan fingerprint density at radius 3 is 2.54 bits per heavy atom. The molecule has 2 aromatic heterocycles. The Kier molecular flexibility index (Phi) is 7.15. The highest BCUT2D eigenvalue weighted by molar-refractivity contribution is 7.21. The molecule has 0 radical (unpaired) electrons. The molecule has 1 fully saturated rings. The van der Waals surface area contributed by atoms with Crippen molar-refractivity contribution in [2.75, 3.05) is 44.2 Å². The van der Waals surface area contributed by atoms with Crippen molar-refractivity contribution >= 4 is 33.3 Å². The number of hydrogen-bond donors (Lipinski definition) is 1. The van der Waals surface area contributed by atoms with Crippen molar-refractivity contribution in [1.82, 2.24) is 20.2 Å². The first-order valence-corrected chi connectivity index (χ1v) is 12.4. The van der Waals surface area contributed by atoms with Gasteiger partial charge in [-0.15, -0.1) is 11.3 Å². The summed E-state index contributed by atoms with van der Waals surface area (Å²) in [6, 6.07) is 16.1. The van der Waals surface area contributed by atoms with E-state index in [1.807, 2.05) is 42.5 Å². The standard InChI is InChI=1S/C26H26FN5O2S/c27-21-8-4-9-22-23(21)20(18-34-19-6-2-1-3-7-19)24(35-22)25(33)28-12-13-31-14-16-32(17-15-31)26-29-10-5-11-30-26/h1-11H,12-18H2,(H,28,33). The van der Waals surface area contributed by atoms with E-state index in [-0.39, 0.29) is 18.3 Å². The summed E-state index contributed by atoms with van der Waals surface area (Å²) in [6.07, 6.45) is 3.51. The molecule has 0 atom stereocenters. The highest BCUT2D eigenvalue weighted by Gasteiger charge is 2.22. The number of anilines is 1. The third-order valence-electron chi connectivity index (χ3n) is 6.02. The second-order valence-electron chi connectivity index (χ2n) is 8.26. The first-order chi connectivity index (χ1) is 17.2. The summed E-state index contributed by atoms with van der Waals surface area (Å²) < 4.78 is 21.3. The highest BCUT2D eigenvalue weighted by atomic mass is 32.1. The fraction of sp³-hybridized carbons (Fsp3) is 0.269. The summed E-state index contributed by atoms with van der Waals surface area (Å²) >= 11 is 1.30. The number of para-hydroxylation sites is 1. The number of rotatable bonds is 8. The smallest absolute Gasteiger partial charge is 0.261 e. The third kappa shape index (κ3) is 5.41. The average molecular weight is 492 g/mol. The highest BCUT2D eigenvalue weighted by Crippen LogP contribution is 2.34. The van der Waals surface area contributed by atoms with Gasteiger partial charge in [0.05, 0.1) is 4.88 Å². The average Bonchev–Trinajstić information content (AvgIpc) is 3.29. The van der Waals surface area contributed by atoms with E-state index < -0.39 is 0 Å². The van der Waals surface area contributed by atoms with Gasteiger partial charge < -0.3 is 15.0 Å². The molecule has 7 nitrogen and oxygen atoms in total. The van der Waals surface area contributed by atoms with Crippen molar-refractivity contribution in [3.05, 3.63) is 83.2 Å². The van der Waals surface area contributed by atoms with Crippen LogP contribution in [0.3, 0.4) is 0 Å². The molecular weight excluding hydrogens is 465 g/mol. The lowest BCUT2D eigenvalue weighted by Crippen LogP contribution is -2.49. The number of piperazine rings is 1. The Labute approximate surface area is 207 Å². The lowest BCUT2D eigenvalue weighted by atomic mass is 10.1. The third-order valence-corrected chi connectivity index (χ3v) is 7.21. The van der Waals surface area contributed by atoms with E-state index in [2.05, 4.69) is 25.1 Å². The van der Waals surface area contributed by atoms with Crippen LogP contribution in [0.4, 0.5) is 10.3 Å². The van der Waals surface area contributed by atoms with Gasteiger partial charge in [-0.25, -0.2) is 14.4 Å². The SMILES string of the molecule is O=C(NCCN1CCN(c2ncccn2)CC1)c1sc2cccc(F)c2c1COc1ccccc1. The minimum atomic E-state index is -0.343. The molecule has 1 aliphatic heterocycles. The van der Waals surface area contributed by atoms with Gasteiger partial charge in [0.1, 0.15) is 18.2 Å². The fourth-order valence-electron chi connectivity index (χ4n) is 4.19. The van der Waals surface area contributed by atoms with Gasteiger partial charge in [0.2, 0.25) is 5.95 Å². The monoisotopic (exact) mass is 491 g/mol. The van der Waals surface area contributed by atoms with Crippen LogP contribution in [0.25, 0.3) is 10.1 Å². The van der Waals surface area contributed by atoms with Crippen molar-refractivity contribution in [3.63, 3.8) is 0 Å². The molecule has 1 amide bonds. The van der Waals surface area contributed by atoms with Crippen LogP contribution < -0.4 is 15.0 Å². The number of benzene rings is 2. The zero-order chi connectivity index (χ0) is 24.0. The molecule has 0 aliphatic carbocycles. The lowest BCUT2D eigenvalue weighted by molar-refractivity contribution is 0.0949. The second kappa shape index (κ2) is 10.8. The molecule has 1 aliphatic rings. The summed E-state index contributed by atoms with van der Waals surface area (Å²) in [5, 5.41) is 3.48. The molecule has 4 aromatic rings. The molecule has 0 spiro atoms. The Morgan fingerprint density at radius 1 is 1.00 bits per heavy atom. The zero-order valence-corrected chi connectivity index (χ0v) is 20.0. The number of nitrogens with zero attached hydrogens (tertiary/aromatic N) is 4. The van der Waals surface area contributed by atoms with E-state index in [0.29, 0.717) is 28.1 Å². The van der Waals surface area contributed by atoms with Crippen LogP contribution in [0.2, 0.25) is 0 Å². The molecule has 9 heteroatoms. The maximum absolute atomic E-state index is 14.7. The Hall–Kier alpha value is -3.56. The molecule has 1 N–H and O–H groups in total. The van der Waals surface area contributed by atoms with Crippen molar-refractivity contribution in [1.29, 1.82) is 0 Å². The molecule has 35 heavy (non-hydrogen) atoms. The number of carbonyl (C=O) groups is 1. The maximum Gasteiger partial charge on any atom is 0.261 e. The van der Waals surface area contributed by atoms with E-state index in [1.165, 1.54) is 17.4 Å². The van der Waals surface area contributed by atoms with Crippen LogP contribution in [0.15, 0.2) is 67.0 Å². The van der Waals surface area contributed by atoms with Gasteiger partial charge in [0.15, 0.2) is 0 Å². The van der Waals surface area contributed by atoms with Crippen molar-refractivity contribution in [2.24, 2.45) is 0 Å². The van der Waals surface area contributed by atoms with E-state index in [4.69, 9.17) is 4.74 Å². The van der Waals surface area contributed by atoms with E-state index in [1.54, 1.807) is 18.5 Å². The number of hydrogen-bond acceptors (Lipinski definition) is 7. The molecule has 0 unspecified atom stereocenters. The fourth-order valence-corrected chi connectivity index (χ4v) is 5.33. The first-order valence-electron chi connectivity index (χ1n) is 11.6. The van der Waals surface area contributed by atoms with Gasteiger partial charge in [-0.2, -0.15) is 0 Å². The number of fused-ring (bicyclic) bond motifs is 1. The van der Waals surface area contributed by atoms with Crippen LogP contribution in [0.5, 0.6) is 5.75 Å². The Morgan fingerprint density at radius 2 is 1.77 bits per heavy atom. The quantitative estimate of drug-likeness (QED) is 0.402. The lowest BCUT2D eigenvalue weighted by Gasteiger charge is -2.34. The zero-order valence-electron chi connectivity index (χ0n) is 19.2. The van der Waals surface area contributed by atoms with Gasteiger partial charge >= 0.3 is 0 Å². The number of carbonyl (C=O) groups excluding carboxylic acids is 1. The van der Waals surface area contributed by atoms with E-state index in [0.717, 1.165) is 43.4 Å². The van der Waals surface area contributed by atoms with E-state index in [9.17, 15) is 9.18 Å². The predicted octanol–water partition coefficient (Wildman–Crippen LogP) is 3.96. The molecule has 0 bridgehead atoms. The molecule has 2 aromatic carbocycles. The van der Waals surface area contributed by atoms with Crippen LogP contribution >= 0.6 is 11.3 Å².